The van der Waals surface area contributed by atoms with Gasteiger partial charge < -0.3 is 10.1 Å². The van der Waals surface area contributed by atoms with E-state index in [1.54, 1.807) is 36.4 Å². The molecule has 0 saturated heterocycles. The van der Waals surface area contributed by atoms with Crippen LogP contribution in [0.5, 0.6) is 5.75 Å². The Kier molecular flexibility index (Phi) is 6.86. The monoisotopic (exact) mass is 446 g/mol. The van der Waals surface area contributed by atoms with Crippen LogP contribution >= 0.6 is 51.3 Å². The van der Waals surface area contributed by atoms with E-state index in [0.717, 1.165) is 0 Å². The number of rotatable bonds is 4. The van der Waals surface area contributed by atoms with Crippen LogP contribution in [-0.4, -0.2) is 17.6 Å². The van der Waals surface area contributed by atoms with Crippen LogP contribution < -0.4 is 15.4 Å². The number of para-hydroxylation sites is 1. The molecule has 0 saturated carbocycles. The number of hydrogen-bond donors (Lipinski definition) is 2. The van der Waals surface area contributed by atoms with Crippen molar-refractivity contribution in [3.05, 3.63) is 56.5 Å². The molecule has 0 heterocycles. The van der Waals surface area contributed by atoms with Crippen LogP contribution in [0.2, 0.25) is 10.0 Å². The minimum Gasteiger partial charge on any atom is -0.493 e. The van der Waals surface area contributed by atoms with Crippen molar-refractivity contribution in [2.75, 3.05) is 11.9 Å². The van der Waals surface area contributed by atoms with Gasteiger partial charge in [0, 0.05) is 5.56 Å². The average molecular weight is 448 g/mol. The predicted octanol–water partition coefficient (Wildman–Crippen LogP) is 5.28. The number of halogens is 3. The molecular formula is C16H13BrCl2N2O2S. The SMILES string of the molecule is CCOc1ccc(C(=O)NC(=S)Nc2c(Cl)cccc2Cl)cc1Br. The van der Waals surface area contributed by atoms with Gasteiger partial charge in [-0.2, -0.15) is 0 Å². The molecule has 0 bridgehead atoms. The van der Waals surface area contributed by atoms with Crippen molar-refractivity contribution >= 4 is 68.1 Å². The topological polar surface area (TPSA) is 50.4 Å². The minimum absolute atomic E-state index is 0.0972. The Hall–Kier alpha value is -1.34. The lowest BCUT2D eigenvalue weighted by Gasteiger charge is -2.13. The molecule has 2 N–H and O–H groups in total. The number of hydrogen-bond acceptors (Lipinski definition) is 3. The summed E-state index contributed by atoms with van der Waals surface area (Å²) in [5.41, 5.74) is 0.874. The maximum absolute atomic E-state index is 12.3. The molecular weight excluding hydrogens is 435 g/mol. The summed E-state index contributed by atoms with van der Waals surface area (Å²) < 4.78 is 6.10. The molecule has 2 aromatic carbocycles. The maximum Gasteiger partial charge on any atom is 0.257 e. The van der Waals surface area contributed by atoms with Crippen molar-refractivity contribution in [2.45, 2.75) is 6.92 Å². The summed E-state index contributed by atoms with van der Waals surface area (Å²) in [4.78, 5) is 12.3. The molecule has 0 unspecified atom stereocenters. The van der Waals surface area contributed by atoms with Crippen molar-refractivity contribution < 1.29 is 9.53 Å². The first-order chi connectivity index (χ1) is 11.4. The number of nitrogens with one attached hydrogen (secondary N) is 2. The van der Waals surface area contributed by atoms with E-state index in [1.165, 1.54) is 0 Å². The predicted molar refractivity (Wildman–Crippen MR) is 105 cm³/mol. The highest BCUT2D eigenvalue weighted by Gasteiger charge is 2.13. The van der Waals surface area contributed by atoms with Gasteiger partial charge in [0.2, 0.25) is 0 Å². The molecule has 1 amide bonds. The molecule has 0 aliphatic rings. The highest BCUT2D eigenvalue weighted by molar-refractivity contribution is 9.10. The Balaban J connectivity index is 2.06. The third-order valence-electron chi connectivity index (χ3n) is 2.92. The molecule has 0 aliphatic carbocycles. The van der Waals surface area contributed by atoms with Crippen molar-refractivity contribution in [1.82, 2.24) is 5.32 Å². The Labute approximate surface area is 163 Å². The third kappa shape index (κ3) is 4.83. The number of ether oxygens (including phenoxy) is 1. The first-order valence-corrected chi connectivity index (χ1v) is 8.86. The largest absolute Gasteiger partial charge is 0.493 e. The van der Waals surface area contributed by atoms with Gasteiger partial charge in [-0.25, -0.2) is 0 Å². The normalized spacial score (nSPS) is 10.2. The standard InChI is InChI=1S/C16H13BrCl2N2O2S/c1-2-23-13-7-6-9(8-10(13)17)15(22)21-16(24)20-14-11(18)4-3-5-12(14)19/h3-8H,2H2,1H3,(H2,20,21,22,24). The van der Waals surface area contributed by atoms with Gasteiger partial charge in [0.1, 0.15) is 5.75 Å². The van der Waals surface area contributed by atoms with Crippen LogP contribution in [0.4, 0.5) is 5.69 Å². The number of thiocarbonyl (C=S) groups is 1. The van der Waals surface area contributed by atoms with Crippen LogP contribution in [0.25, 0.3) is 0 Å². The summed E-state index contributed by atoms with van der Waals surface area (Å²) in [7, 11) is 0. The van der Waals surface area contributed by atoms with Crippen LogP contribution in [0.1, 0.15) is 17.3 Å². The van der Waals surface area contributed by atoms with Gasteiger partial charge in [0.25, 0.3) is 5.91 Å². The quantitative estimate of drug-likeness (QED) is 0.626. The second-order valence-electron chi connectivity index (χ2n) is 4.58. The highest BCUT2D eigenvalue weighted by Crippen LogP contribution is 2.30. The van der Waals surface area contributed by atoms with E-state index in [4.69, 9.17) is 40.2 Å². The van der Waals surface area contributed by atoms with Gasteiger partial charge in [0.05, 0.1) is 26.8 Å². The number of carbonyl (C=O) groups excluding carboxylic acids is 1. The lowest BCUT2D eigenvalue weighted by Crippen LogP contribution is -2.34. The van der Waals surface area contributed by atoms with Crippen molar-refractivity contribution in [3.63, 3.8) is 0 Å². The van der Waals surface area contributed by atoms with Crippen molar-refractivity contribution in [3.8, 4) is 5.75 Å². The van der Waals surface area contributed by atoms with E-state index >= 15 is 0 Å². The smallest absolute Gasteiger partial charge is 0.257 e. The van der Waals surface area contributed by atoms with Crippen molar-refractivity contribution in [1.29, 1.82) is 0 Å². The number of carbonyl (C=O) groups is 1. The second-order valence-corrected chi connectivity index (χ2v) is 6.66. The van der Waals surface area contributed by atoms with Crippen LogP contribution in [0, 0.1) is 0 Å². The summed E-state index contributed by atoms with van der Waals surface area (Å²) in [6.07, 6.45) is 0. The highest BCUT2D eigenvalue weighted by atomic mass is 79.9. The average Bonchev–Trinajstić information content (AvgIpc) is 2.53. The zero-order valence-electron chi connectivity index (χ0n) is 12.5. The zero-order chi connectivity index (χ0) is 17.7. The fraction of sp³-hybridized carbons (Fsp3) is 0.125. The van der Waals surface area contributed by atoms with Gasteiger partial charge in [-0.1, -0.05) is 29.3 Å². The Bertz CT molecular complexity index is 766. The van der Waals surface area contributed by atoms with E-state index in [1.807, 2.05) is 6.92 Å². The lowest BCUT2D eigenvalue weighted by molar-refractivity contribution is 0.0977. The number of amides is 1. The van der Waals surface area contributed by atoms with Crippen LogP contribution in [-0.2, 0) is 0 Å². The van der Waals surface area contributed by atoms with Gasteiger partial charge in [-0.15, -0.1) is 0 Å². The summed E-state index contributed by atoms with van der Waals surface area (Å²) in [6, 6.07) is 10.1. The summed E-state index contributed by atoms with van der Waals surface area (Å²) in [5.74, 6) is 0.303. The van der Waals surface area contributed by atoms with E-state index < -0.39 is 0 Å². The molecule has 2 aromatic rings. The number of benzene rings is 2. The van der Waals surface area contributed by atoms with Gasteiger partial charge in [-0.05, 0) is 65.4 Å². The van der Waals surface area contributed by atoms with Gasteiger partial charge in [-0.3, -0.25) is 10.1 Å². The second kappa shape index (κ2) is 8.67. The van der Waals surface area contributed by atoms with E-state index in [2.05, 4.69) is 26.6 Å². The molecule has 0 aromatic heterocycles. The fourth-order valence-electron chi connectivity index (χ4n) is 1.85. The molecule has 0 fully saturated rings. The Morgan fingerprint density at radius 1 is 1.25 bits per heavy atom. The molecule has 0 atom stereocenters. The molecule has 2 rings (SSSR count). The number of anilines is 1. The van der Waals surface area contributed by atoms with Gasteiger partial charge >= 0.3 is 0 Å². The summed E-state index contributed by atoms with van der Waals surface area (Å²) >= 11 is 20.6. The molecule has 126 valence electrons. The van der Waals surface area contributed by atoms with E-state index in [-0.39, 0.29) is 11.0 Å². The Morgan fingerprint density at radius 2 is 1.92 bits per heavy atom. The molecule has 0 radical (unpaired) electrons. The lowest BCUT2D eigenvalue weighted by atomic mass is 10.2. The van der Waals surface area contributed by atoms with Crippen LogP contribution in [0.15, 0.2) is 40.9 Å². The molecule has 0 spiro atoms. The molecule has 24 heavy (non-hydrogen) atoms. The first kappa shape index (κ1) is 19.0. The first-order valence-electron chi connectivity index (χ1n) is 6.91. The molecule has 8 heteroatoms. The summed E-state index contributed by atoms with van der Waals surface area (Å²) in [5, 5.41) is 6.31. The van der Waals surface area contributed by atoms with Crippen molar-refractivity contribution in [2.24, 2.45) is 0 Å². The maximum atomic E-state index is 12.3. The molecule has 4 nitrogen and oxygen atoms in total. The zero-order valence-corrected chi connectivity index (χ0v) is 16.4. The van der Waals surface area contributed by atoms with Gasteiger partial charge in [0.15, 0.2) is 5.11 Å². The summed E-state index contributed by atoms with van der Waals surface area (Å²) in [6.45, 7) is 2.42. The van der Waals surface area contributed by atoms with Crippen LogP contribution in [0.3, 0.4) is 0 Å². The minimum atomic E-state index is -0.362. The molecule has 0 aliphatic heterocycles. The fourth-order valence-corrected chi connectivity index (χ4v) is 3.03. The third-order valence-corrected chi connectivity index (χ3v) is 4.38. The van der Waals surface area contributed by atoms with E-state index in [0.29, 0.717) is 38.1 Å². The van der Waals surface area contributed by atoms with E-state index in [9.17, 15) is 4.79 Å². The Morgan fingerprint density at radius 3 is 2.50 bits per heavy atom.